The number of nitrogens with zero attached hydrogens (tertiary/aromatic N) is 3. The smallest absolute Gasteiger partial charge is 0.306 e. The average molecular weight is 615 g/mol. The second-order valence-corrected chi connectivity index (χ2v) is 16.1. The number of carbonyl (C=O) groups excluding carboxylic acids is 1. The van der Waals surface area contributed by atoms with Gasteiger partial charge in [0.2, 0.25) is 0 Å². The first-order valence-corrected chi connectivity index (χ1v) is 17.8. The van der Waals surface area contributed by atoms with Gasteiger partial charge in [-0.05, 0) is 70.4 Å². The van der Waals surface area contributed by atoms with E-state index in [-0.39, 0.29) is 22.2 Å². The Labute approximate surface area is 260 Å². The van der Waals surface area contributed by atoms with Crippen LogP contribution < -0.4 is 9.62 Å². The molecule has 232 valence electrons. The zero-order chi connectivity index (χ0) is 30.3. The molecule has 7 nitrogen and oxygen atoms in total. The molecule has 2 aromatic rings. The molecular formula is C33H50N4O3S2. The molecule has 0 unspecified atom stereocenters. The fourth-order valence-corrected chi connectivity index (χ4v) is 7.89. The molecule has 0 amide bonds. The Kier molecular flexibility index (Phi) is 11.6. The van der Waals surface area contributed by atoms with Crippen LogP contribution in [0.25, 0.3) is 0 Å². The van der Waals surface area contributed by atoms with E-state index in [0.717, 1.165) is 61.7 Å². The number of hydrogen-bond donors (Lipinski definition) is 1. The quantitative estimate of drug-likeness (QED) is 0.147. The van der Waals surface area contributed by atoms with Crippen LogP contribution in [0.1, 0.15) is 102 Å². The number of esters is 1. The van der Waals surface area contributed by atoms with E-state index in [1.165, 1.54) is 24.0 Å². The van der Waals surface area contributed by atoms with Crippen molar-refractivity contribution in [2.75, 3.05) is 30.3 Å². The summed E-state index contributed by atoms with van der Waals surface area (Å²) in [4.78, 5) is 24.3. The van der Waals surface area contributed by atoms with Gasteiger partial charge >= 0.3 is 5.97 Å². The maximum absolute atomic E-state index is 13.2. The second kappa shape index (κ2) is 14.8. The summed E-state index contributed by atoms with van der Waals surface area (Å²) in [7, 11) is 0. The average Bonchev–Trinajstić information content (AvgIpc) is 3.25. The molecule has 1 aromatic heterocycles. The number of nitrogens with one attached hydrogen (secondary N) is 1. The minimum atomic E-state index is -1.14. The van der Waals surface area contributed by atoms with E-state index < -0.39 is 11.4 Å². The van der Waals surface area contributed by atoms with E-state index in [1.807, 2.05) is 33.9 Å². The van der Waals surface area contributed by atoms with Gasteiger partial charge in [0.15, 0.2) is 0 Å². The lowest BCUT2D eigenvalue weighted by molar-refractivity contribution is -0.144. The Morgan fingerprint density at radius 1 is 1.26 bits per heavy atom. The Bertz CT molecular complexity index is 1180. The topological polar surface area (TPSA) is 90.4 Å². The molecule has 1 aromatic carbocycles. The van der Waals surface area contributed by atoms with Gasteiger partial charge in [0.25, 0.3) is 0 Å². The molecule has 4 rings (SSSR count). The summed E-state index contributed by atoms with van der Waals surface area (Å²) < 4.78 is 22.0. The lowest BCUT2D eigenvalue weighted by Gasteiger charge is -2.44. The summed E-state index contributed by atoms with van der Waals surface area (Å²) in [5, 5.41) is 0.840. The van der Waals surface area contributed by atoms with Crippen LogP contribution in [-0.2, 0) is 27.3 Å². The number of anilines is 1. The largest absolute Gasteiger partial charge is 0.598 e. The standard InChI is InChI=1S/C33H50N4O3S2/c1-7-9-12-25(8-2)23-40-29(38)15-20-41-28-22-34-31(24(3)35-28)37-18-16-33(17-19-37)21-26-13-10-11-14-27(26)30(33)36-42(39)32(4,5)6/h10-11,13-14,22,25,30,36H,7-9,12,15-21,23H2,1-6H3/t25-,30-,42-/m1/s1. The van der Waals surface area contributed by atoms with Gasteiger partial charge in [0.1, 0.15) is 15.6 Å². The number of unbranched alkanes of at least 4 members (excludes halogenated alkanes) is 1. The number of aryl methyl sites for hydroxylation is 1. The fourth-order valence-electron chi connectivity index (χ4n) is 6.14. The van der Waals surface area contributed by atoms with Crippen LogP contribution in [0.2, 0.25) is 0 Å². The van der Waals surface area contributed by atoms with Gasteiger partial charge in [0.05, 0.1) is 31.0 Å². The molecular weight excluding hydrogens is 565 g/mol. The van der Waals surface area contributed by atoms with Crippen molar-refractivity contribution in [3.63, 3.8) is 0 Å². The number of rotatable bonds is 13. The number of benzene rings is 1. The van der Waals surface area contributed by atoms with Crippen LogP contribution in [0.5, 0.6) is 0 Å². The van der Waals surface area contributed by atoms with Crippen molar-refractivity contribution in [1.82, 2.24) is 14.7 Å². The minimum Gasteiger partial charge on any atom is -0.598 e. The number of hydrogen-bond acceptors (Lipinski definition) is 8. The first-order chi connectivity index (χ1) is 20.1. The van der Waals surface area contributed by atoms with Gasteiger partial charge in [-0.2, -0.15) is 0 Å². The fraction of sp³-hybridized carbons (Fsp3) is 0.667. The molecule has 0 bridgehead atoms. The molecule has 2 heterocycles. The number of carbonyl (C=O) groups is 1. The third-order valence-electron chi connectivity index (χ3n) is 8.84. The van der Waals surface area contributed by atoms with Crippen LogP contribution in [0.15, 0.2) is 35.5 Å². The molecule has 1 fully saturated rings. The SMILES string of the molecule is CCCC[C@@H](CC)COC(=O)CCSc1cnc(N2CCC3(CC2)Cc2ccccc2[C@H]3N[S@+]([O-])C(C)(C)C)c(C)n1. The lowest BCUT2D eigenvalue weighted by Crippen LogP contribution is -2.50. The predicted molar refractivity (Wildman–Crippen MR) is 174 cm³/mol. The van der Waals surface area contributed by atoms with Gasteiger partial charge in [-0.3, -0.25) is 4.79 Å². The van der Waals surface area contributed by atoms with E-state index >= 15 is 0 Å². The van der Waals surface area contributed by atoms with Crippen LogP contribution in [0, 0.1) is 18.3 Å². The molecule has 1 saturated heterocycles. The van der Waals surface area contributed by atoms with Crippen molar-refractivity contribution in [2.24, 2.45) is 11.3 Å². The summed E-state index contributed by atoms with van der Waals surface area (Å²) in [6, 6.07) is 8.72. The molecule has 1 aliphatic carbocycles. The van der Waals surface area contributed by atoms with Gasteiger partial charge in [-0.15, -0.1) is 16.5 Å². The Hall–Kier alpha value is -1.81. The number of piperidine rings is 1. The van der Waals surface area contributed by atoms with Crippen molar-refractivity contribution in [1.29, 1.82) is 0 Å². The summed E-state index contributed by atoms with van der Waals surface area (Å²) in [5.41, 5.74) is 3.63. The first kappa shape index (κ1) is 33.1. The lowest BCUT2D eigenvalue weighted by atomic mass is 9.73. The van der Waals surface area contributed by atoms with Crippen LogP contribution in [-0.4, -0.2) is 50.7 Å². The van der Waals surface area contributed by atoms with Crippen LogP contribution >= 0.6 is 11.8 Å². The summed E-state index contributed by atoms with van der Waals surface area (Å²) in [5.74, 6) is 1.90. The maximum atomic E-state index is 13.2. The highest BCUT2D eigenvalue weighted by Crippen LogP contribution is 2.53. The molecule has 3 atom stereocenters. The van der Waals surface area contributed by atoms with Crippen LogP contribution in [0.3, 0.4) is 0 Å². The van der Waals surface area contributed by atoms with Crippen molar-refractivity contribution in [2.45, 2.75) is 109 Å². The minimum absolute atomic E-state index is 0.0416. The molecule has 42 heavy (non-hydrogen) atoms. The van der Waals surface area contributed by atoms with E-state index in [9.17, 15) is 9.35 Å². The van der Waals surface area contributed by atoms with Gasteiger partial charge in [0, 0.05) is 35.6 Å². The van der Waals surface area contributed by atoms with Crippen LogP contribution in [0.4, 0.5) is 5.82 Å². The third-order valence-corrected chi connectivity index (χ3v) is 11.3. The summed E-state index contributed by atoms with van der Waals surface area (Å²) >= 11 is 0.416. The highest BCUT2D eigenvalue weighted by molar-refractivity contribution is 7.99. The molecule has 1 N–H and O–H groups in total. The molecule has 9 heteroatoms. The highest BCUT2D eigenvalue weighted by Gasteiger charge is 2.50. The molecule has 1 aliphatic heterocycles. The maximum Gasteiger partial charge on any atom is 0.306 e. The Morgan fingerprint density at radius 2 is 2.00 bits per heavy atom. The van der Waals surface area contributed by atoms with E-state index in [1.54, 1.807) is 11.8 Å². The molecule has 2 aliphatic rings. The van der Waals surface area contributed by atoms with Crippen molar-refractivity contribution >= 4 is 34.9 Å². The van der Waals surface area contributed by atoms with E-state index in [0.29, 0.717) is 24.7 Å². The molecule has 0 saturated carbocycles. The van der Waals surface area contributed by atoms with Gasteiger partial charge in [-0.1, -0.05) is 57.4 Å². The van der Waals surface area contributed by atoms with Gasteiger partial charge in [-0.25, -0.2) is 9.97 Å². The van der Waals surface area contributed by atoms with E-state index in [2.05, 4.69) is 47.7 Å². The number of ether oxygens (including phenoxy) is 1. The van der Waals surface area contributed by atoms with E-state index in [4.69, 9.17) is 14.7 Å². The monoisotopic (exact) mass is 614 g/mol. The molecule has 1 spiro atoms. The summed E-state index contributed by atoms with van der Waals surface area (Å²) in [6.45, 7) is 14.8. The molecule has 0 radical (unpaired) electrons. The Balaban J connectivity index is 1.31. The van der Waals surface area contributed by atoms with Crippen molar-refractivity contribution in [3.8, 4) is 0 Å². The number of thioether (sulfide) groups is 1. The van der Waals surface area contributed by atoms with Crippen molar-refractivity contribution in [3.05, 3.63) is 47.3 Å². The number of aromatic nitrogens is 2. The second-order valence-electron chi connectivity index (χ2n) is 13.0. The number of fused-ring (bicyclic) bond motifs is 1. The zero-order valence-electron chi connectivity index (χ0n) is 26.4. The third kappa shape index (κ3) is 8.21. The predicted octanol–water partition coefficient (Wildman–Crippen LogP) is 6.96. The van der Waals surface area contributed by atoms with Crippen molar-refractivity contribution < 1.29 is 14.1 Å². The Morgan fingerprint density at radius 3 is 2.67 bits per heavy atom. The first-order valence-electron chi connectivity index (χ1n) is 15.7. The van der Waals surface area contributed by atoms with Gasteiger partial charge < -0.3 is 14.2 Å². The summed E-state index contributed by atoms with van der Waals surface area (Å²) in [6.07, 6.45) is 9.75. The normalized spacial score (nSPS) is 19.5. The zero-order valence-corrected chi connectivity index (χ0v) is 28.0. The highest BCUT2D eigenvalue weighted by atomic mass is 32.2.